The van der Waals surface area contributed by atoms with E-state index in [9.17, 15) is 4.79 Å². The predicted molar refractivity (Wildman–Crippen MR) is 67.7 cm³/mol. The van der Waals surface area contributed by atoms with E-state index in [2.05, 4.69) is 22.6 Å². The van der Waals surface area contributed by atoms with Crippen LogP contribution in [0.25, 0.3) is 0 Å². The van der Waals surface area contributed by atoms with E-state index in [1.165, 1.54) is 0 Å². The first-order valence-electron chi connectivity index (χ1n) is 5.36. The molecular formula is C10H15ClINO2. The summed E-state index contributed by atoms with van der Waals surface area (Å²) >= 11 is 8.72. The Kier molecular flexibility index (Phi) is 3.65. The number of nitrogens with zero attached hydrogens (tertiary/aromatic N) is 1. The Labute approximate surface area is 109 Å². The second kappa shape index (κ2) is 4.65. The van der Waals surface area contributed by atoms with Crippen molar-refractivity contribution in [2.45, 2.75) is 35.1 Å². The summed E-state index contributed by atoms with van der Waals surface area (Å²) in [6.45, 7) is 3.09. The number of rotatable bonds is 1. The molecule has 2 fully saturated rings. The van der Waals surface area contributed by atoms with Gasteiger partial charge in [-0.2, -0.15) is 0 Å². The van der Waals surface area contributed by atoms with Crippen molar-refractivity contribution in [2.24, 2.45) is 5.92 Å². The van der Waals surface area contributed by atoms with Crippen molar-refractivity contribution < 1.29 is 9.53 Å². The molecule has 0 spiro atoms. The maximum Gasteiger partial charge on any atom is 0.410 e. The summed E-state index contributed by atoms with van der Waals surface area (Å²) in [4.78, 5) is 13.6. The highest BCUT2D eigenvalue weighted by atomic mass is 127. The fourth-order valence-corrected chi connectivity index (χ4v) is 4.66. The van der Waals surface area contributed by atoms with E-state index >= 15 is 0 Å². The highest BCUT2D eigenvalue weighted by molar-refractivity contribution is 14.1. The van der Waals surface area contributed by atoms with Crippen LogP contribution in [0.1, 0.15) is 19.8 Å². The van der Waals surface area contributed by atoms with Crippen LogP contribution < -0.4 is 0 Å². The number of halogens is 2. The molecule has 3 nitrogen and oxygen atoms in total. The van der Waals surface area contributed by atoms with Crippen LogP contribution in [0.15, 0.2) is 0 Å². The monoisotopic (exact) mass is 343 g/mol. The molecule has 1 saturated carbocycles. The van der Waals surface area contributed by atoms with E-state index in [1.54, 1.807) is 0 Å². The molecule has 1 amide bonds. The first-order valence-corrected chi connectivity index (χ1v) is 7.05. The number of carbonyl (C=O) groups is 1. The SMILES string of the molecule is CCOC(=O)N1CC2CC[C@@H](Cl)C1[C@H]2I. The third kappa shape index (κ3) is 2.07. The molecule has 5 heteroatoms. The van der Waals surface area contributed by atoms with E-state index in [4.69, 9.17) is 16.3 Å². The number of likely N-dealkylation sites (tertiary alicyclic amines) is 1. The van der Waals surface area contributed by atoms with E-state index in [0.29, 0.717) is 16.4 Å². The maximum atomic E-state index is 11.7. The minimum atomic E-state index is -0.195. The van der Waals surface area contributed by atoms with Gasteiger partial charge in [0.15, 0.2) is 0 Å². The Morgan fingerprint density at radius 1 is 1.60 bits per heavy atom. The molecule has 1 aliphatic carbocycles. The van der Waals surface area contributed by atoms with Crippen LogP contribution >= 0.6 is 34.2 Å². The third-order valence-electron chi connectivity index (χ3n) is 3.25. The van der Waals surface area contributed by atoms with Gasteiger partial charge in [-0.3, -0.25) is 0 Å². The zero-order valence-electron chi connectivity index (χ0n) is 8.66. The molecule has 2 rings (SSSR count). The molecule has 0 aromatic heterocycles. The van der Waals surface area contributed by atoms with Crippen molar-refractivity contribution in [2.75, 3.05) is 13.2 Å². The van der Waals surface area contributed by atoms with Crippen LogP contribution in [0.3, 0.4) is 0 Å². The quantitative estimate of drug-likeness (QED) is 0.541. The van der Waals surface area contributed by atoms with Crippen LogP contribution in [-0.2, 0) is 4.74 Å². The average molecular weight is 344 g/mol. The molecule has 2 aliphatic rings. The third-order valence-corrected chi connectivity index (χ3v) is 5.48. The number of hydrogen-bond donors (Lipinski definition) is 0. The first kappa shape index (κ1) is 11.8. The van der Waals surface area contributed by atoms with Gasteiger partial charge in [0, 0.05) is 10.5 Å². The predicted octanol–water partition coefficient (Wildman–Crippen LogP) is 2.65. The van der Waals surface area contributed by atoms with Gasteiger partial charge in [0.1, 0.15) is 0 Å². The lowest BCUT2D eigenvalue weighted by atomic mass is 9.90. The van der Waals surface area contributed by atoms with Crippen molar-refractivity contribution in [3.8, 4) is 0 Å². The number of amides is 1. The van der Waals surface area contributed by atoms with E-state index < -0.39 is 0 Å². The van der Waals surface area contributed by atoms with Crippen LogP contribution in [-0.4, -0.2) is 39.5 Å². The van der Waals surface area contributed by atoms with Gasteiger partial charge in [-0.25, -0.2) is 4.79 Å². The number of alkyl halides is 2. The van der Waals surface area contributed by atoms with E-state index in [0.717, 1.165) is 19.4 Å². The highest BCUT2D eigenvalue weighted by Crippen LogP contribution is 2.42. The standard InChI is InChI=1S/C10H15ClINO2/c1-2-15-10(14)13-5-6-3-4-7(11)9(13)8(6)12/h6-9H,2-5H2,1H3/t6?,7-,8+,9?/m1/s1. The van der Waals surface area contributed by atoms with Gasteiger partial charge in [-0.05, 0) is 25.7 Å². The minimum absolute atomic E-state index is 0.0926. The van der Waals surface area contributed by atoms with Gasteiger partial charge < -0.3 is 9.64 Å². The summed E-state index contributed by atoms with van der Waals surface area (Å²) in [5.74, 6) is 0.606. The lowest BCUT2D eigenvalue weighted by Crippen LogP contribution is -2.45. The molecule has 1 saturated heterocycles. The number of fused-ring (bicyclic) bond motifs is 2. The lowest BCUT2D eigenvalue weighted by molar-refractivity contribution is 0.103. The zero-order chi connectivity index (χ0) is 11.0. The van der Waals surface area contributed by atoms with Crippen molar-refractivity contribution in [1.29, 1.82) is 0 Å². The zero-order valence-corrected chi connectivity index (χ0v) is 11.6. The van der Waals surface area contributed by atoms with E-state index in [1.807, 2.05) is 11.8 Å². The summed E-state index contributed by atoms with van der Waals surface area (Å²) < 4.78 is 5.54. The summed E-state index contributed by atoms with van der Waals surface area (Å²) in [5.41, 5.74) is 0. The van der Waals surface area contributed by atoms with Crippen LogP contribution in [0, 0.1) is 5.92 Å². The molecule has 4 atom stereocenters. The van der Waals surface area contributed by atoms with Gasteiger partial charge in [0.2, 0.25) is 0 Å². The van der Waals surface area contributed by atoms with Crippen molar-refractivity contribution in [3.63, 3.8) is 0 Å². The Morgan fingerprint density at radius 3 is 3.00 bits per heavy atom. The molecule has 0 aromatic rings. The molecule has 15 heavy (non-hydrogen) atoms. The molecule has 1 aliphatic heterocycles. The summed E-state index contributed by atoms with van der Waals surface area (Å²) in [7, 11) is 0. The van der Waals surface area contributed by atoms with Crippen molar-refractivity contribution in [3.05, 3.63) is 0 Å². The van der Waals surface area contributed by atoms with Gasteiger partial charge in [0.25, 0.3) is 0 Å². The van der Waals surface area contributed by atoms with Crippen molar-refractivity contribution in [1.82, 2.24) is 4.90 Å². The van der Waals surface area contributed by atoms with Crippen LogP contribution in [0.4, 0.5) is 4.79 Å². The van der Waals surface area contributed by atoms with Gasteiger partial charge in [-0.15, -0.1) is 11.6 Å². The van der Waals surface area contributed by atoms with Crippen LogP contribution in [0.5, 0.6) is 0 Å². The normalized spacial score (nSPS) is 39.3. The number of carbonyl (C=O) groups excluding carboxylic acids is 1. The molecule has 2 unspecified atom stereocenters. The number of hydrogen-bond acceptors (Lipinski definition) is 2. The summed E-state index contributed by atoms with van der Waals surface area (Å²) in [6, 6.07) is 0.171. The molecule has 2 bridgehead atoms. The fourth-order valence-electron chi connectivity index (χ4n) is 2.52. The summed E-state index contributed by atoms with van der Waals surface area (Å²) in [6.07, 6.45) is 1.96. The highest BCUT2D eigenvalue weighted by Gasteiger charge is 2.49. The molecular weight excluding hydrogens is 328 g/mol. The molecule has 1 heterocycles. The molecule has 0 aromatic carbocycles. The smallest absolute Gasteiger partial charge is 0.410 e. The van der Waals surface area contributed by atoms with Crippen molar-refractivity contribution >= 4 is 40.3 Å². The number of ether oxygens (including phenoxy) is 1. The minimum Gasteiger partial charge on any atom is -0.450 e. The Balaban J connectivity index is 2.11. The van der Waals surface area contributed by atoms with E-state index in [-0.39, 0.29) is 17.5 Å². The second-order valence-corrected chi connectivity index (χ2v) is 6.14. The maximum absolute atomic E-state index is 11.7. The lowest BCUT2D eigenvalue weighted by Gasteiger charge is -2.31. The van der Waals surface area contributed by atoms with Gasteiger partial charge in [-0.1, -0.05) is 22.6 Å². The molecule has 0 N–H and O–H groups in total. The first-order chi connectivity index (χ1) is 7.15. The summed E-state index contributed by atoms with van der Waals surface area (Å²) in [5, 5.41) is 0.0926. The Hall–Kier alpha value is 0.290. The second-order valence-electron chi connectivity index (χ2n) is 4.14. The van der Waals surface area contributed by atoms with Gasteiger partial charge >= 0.3 is 6.09 Å². The Morgan fingerprint density at radius 2 is 2.33 bits per heavy atom. The largest absolute Gasteiger partial charge is 0.450 e. The molecule has 86 valence electrons. The Bertz CT molecular complexity index is 264. The van der Waals surface area contributed by atoms with Crippen LogP contribution in [0.2, 0.25) is 0 Å². The molecule has 0 radical (unpaired) electrons. The average Bonchev–Trinajstić information content (AvgIpc) is 2.40. The topological polar surface area (TPSA) is 29.5 Å². The fraction of sp³-hybridized carbons (Fsp3) is 0.900. The van der Waals surface area contributed by atoms with Gasteiger partial charge in [0.05, 0.1) is 18.0 Å².